The van der Waals surface area contributed by atoms with Crippen LogP contribution in [0.15, 0.2) is 70.3 Å². The Bertz CT molecular complexity index is 648. The van der Waals surface area contributed by atoms with Gasteiger partial charge in [-0.05, 0) is 37.8 Å². The molecule has 2 aliphatic carbocycles. The van der Waals surface area contributed by atoms with Crippen LogP contribution in [-0.4, -0.2) is 12.4 Å². The van der Waals surface area contributed by atoms with Crippen molar-refractivity contribution in [2.75, 3.05) is 0 Å². The average Bonchev–Trinajstić information content (AvgIpc) is 2.55. The third kappa shape index (κ3) is 2.97. The molecule has 1 aromatic carbocycles. The fourth-order valence-corrected chi connectivity index (χ4v) is 3.51. The zero-order chi connectivity index (χ0) is 15.5. The van der Waals surface area contributed by atoms with E-state index in [1.54, 1.807) is 5.57 Å². The smallest absolute Gasteiger partial charge is 0.0940 e. The molecule has 1 aromatic rings. The van der Waals surface area contributed by atoms with Crippen LogP contribution in [0, 0.1) is 5.92 Å². The molecule has 0 aromatic heterocycles. The Morgan fingerprint density at radius 1 is 1.23 bits per heavy atom. The van der Waals surface area contributed by atoms with Crippen molar-refractivity contribution in [3.8, 4) is 0 Å². The largest absolute Gasteiger partial charge is 0.310 e. The fraction of sp³-hybridized carbons (Fsp3) is 0.350. The Kier molecular flexibility index (Phi) is 4.39. The highest BCUT2D eigenvalue weighted by molar-refractivity contribution is 5.81. The number of allylic oxidation sites excluding steroid dienone is 6. The van der Waals surface area contributed by atoms with Crippen LogP contribution in [0.3, 0.4) is 0 Å². The number of hydrogen-bond acceptors (Lipinski definition) is 2. The standard InChI is InChI=1S/C20H24N2/c1-14-17(13-22-15(2)21)12-20(16-8-4-3-5-9-16)19-11-7-6-10-18(14)19/h3-9,11,13,15,18,20H,10,12,21H2,1-2H3. The van der Waals surface area contributed by atoms with Gasteiger partial charge in [0.15, 0.2) is 0 Å². The molecular formula is C20H24N2. The number of rotatable bonds is 3. The van der Waals surface area contributed by atoms with E-state index in [0.717, 1.165) is 12.8 Å². The van der Waals surface area contributed by atoms with E-state index in [4.69, 9.17) is 5.73 Å². The summed E-state index contributed by atoms with van der Waals surface area (Å²) >= 11 is 0. The number of fused-ring (bicyclic) bond motifs is 1. The molecule has 0 heterocycles. The summed E-state index contributed by atoms with van der Waals surface area (Å²) in [6.07, 6.45) is 10.8. The number of aliphatic imine (C=N–C) groups is 1. The predicted octanol–water partition coefficient (Wildman–Crippen LogP) is 4.37. The molecule has 3 rings (SSSR count). The second-order valence-electron chi connectivity index (χ2n) is 6.28. The molecule has 0 saturated carbocycles. The molecule has 0 spiro atoms. The average molecular weight is 292 g/mol. The minimum Gasteiger partial charge on any atom is -0.310 e. The van der Waals surface area contributed by atoms with Crippen LogP contribution < -0.4 is 5.73 Å². The van der Waals surface area contributed by atoms with Gasteiger partial charge in [0.2, 0.25) is 0 Å². The monoisotopic (exact) mass is 292 g/mol. The van der Waals surface area contributed by atoms with E-state index in [9.17, 15) is 0 Å². The maximum Gasteiger partial charge on any atom is 0.0940 e. The Hall–Kier alpha value is -1.93. The van der Waals surface area contributed by atoms with Gasteiger partial charge >= 0.3 is 0 Å². The van der Waals surface area contributed by atoms with Crippen molar-refractivity contribution < 1.29 is 0 Å². The molecule has 2 nitrogen and oxygen atoms in total. The lowest BCUT2D eigenvalue weighted by atomic mass is 9.68. The van der Waals surface area contributed by atoms with Gasteiger partial charge in [0.25, 0.3) is 0 Å². The van der Waals surface area contributed by atoms with Crippen LogP contribution >= 0.6 is 0 Å². The first-order chi connectivity index (χ1) is 10.7. The summed E-state index contributed by atoms with van der Waals surface area (Å²) in [5.74, 6) is 0.966. The summed E-state index contributed by atoms with van der Waals surface area (Å²) in [4.78, 5) is 4.42. The highest BCUT2D eigenvalue weighted by atomic mass is 14.9. The van der Waals surface area contributed by atoms with Crippen LogP contribution in [0.25, 0.3) is 0 Å². The van der Waals surface area contributed by atoms with Crippen molar-refractivity contribution in [3.63, 3.8) is 0 Å². The second kappa shape index (κ2) is 6.45. The predicted molar refractivity (Wildman–Crippen MR) is 94.0 cm³/mol. The molecule has 0 aliphatic heterocycles. The molecule has 0 bridgehead atoms. The van der Waals surface area contributed by atoms with Gasteiger partial charge in [-0.1, -0.05) is 59.7 Å². The number of nitrogens with two attached hydrogens (primary N) is 1. The first-order valence-corrected chi connectivity index (χ1v) is 8.06. The van der Waals surface area contributed by atoms with Gasteiger partial charge in [0.1, 0.15) is 0 Å². The van der Waals surface area contributed by atoms with Crippen molar-refractivity contribution in [3.05, 3.63) is 70.8 Å². The van der Waals surface area contributed by atoms with Crippen molar-refractivity contribution in [2.45, 2.75) is 38.8 Å². The van der Waals surface area contributed by atoms with Crippen molar-refractivity contribution in [2.24, 2.45) is 16.6 Å². The number of benzene rings is 1. The molecule has 22 heavy (non-hydrogen) atoms. The lowest BCUT2D eigenvalue weighted by molar-refractivity contribution is 0.586. The number of nitrogens with zero attached hydrogens (tertiary/aromatic N) is 1. The molecule has 3 unspecified atom stereocenters. The minimum atomic E-state index is -0.140. The normalized spacial score (nSPS) is 26.0. The Balaban J connectivity index is 2.01. The molecule has 114 valence electrons. The Morgan fingerprint density at radius 3 is 2.73 bits per heavy atom. The van der Waals surface area contributed by atoms with Gasteiger partial charge in [-0.15, -0.1) is 0 Å². The maximum atomic E-state index is 5.79. The molecule has 0 fully saturated rings. The second-order valence-corrected chi connectivity index (χ2v) is 6.28. The topological polar surface area (TPSA) is 38.4 Å². The van der Waals surface area contributed by atoms with Crippen LogP contribution in [0.1, 0.15) is 38.2 Å². The van der Waals surface area contributed by atoms with E-state index in [0.29, 0.717) is 11.8 Å². The van der Waals surface area contributed by atoms with Crippen molar-refractivity contribution in [1.29, 1.82) is 0 Å². The molecule has 0 amide bonds. The van der Waals surface area contributed by atoms with Crippen molar-refractivity contribution in [1.82, 2.24) is 0 Å². The third-order valence-corrected chi connectivity index (χ3v) is 4.72. The summed E-state index contributed by atoms with van der Waals surface area (Å²) in [6.45, 7) is 4.17. The summed E-state index contributed by atoms with van der Waals surface area (Å²) in [7, 11) is 0. The van der Waals surface area contributed by atoms with Gasteiger partial charge in [-0.25, -0.2) is 0 Å². The van der Waals surface area contributed by atoms with E-state index in [-0.39, 0.29) is 6.17 Å². The van der Waals surface area contributed by atoms with E-state index in [1.807, 2.05) is 13.1 Å². The molecule has 2 aliphatic rings. The lowest BCUT2D eigenvalue weighted by Crippen LogP contribution is -2.23. The first-order valence-electron chi connectivity index (χ1n) is 8.06. The van der Waals surface area contributed by atoms with E-state index in [1.165, 1.54) is 16.7 Å². The minimum absolute atomic E-state index is 0.140. The Morgan fingerprint density at radius 2 is 2.00 bits per heavy atom. The first kappa shape index (κ1) is 15.0. The zero-order valence-electron chi connectivity index (χ0n) is 13.4. The molecule has 2 N–H and O–H groups in total. The van der Waals surface area contributed by atoms with E-state index >= 15 is 0 Å². The summed E-state index contributed by atoms with van der Waals surface area (Å²) in [5.41, 5.74) is 11.5. The van der Waals surface area contributed by atoms with Crippen LogP contribution in [0.5, 0.6) is 0 Å². The van der Waals surface area contributed by atoms with E-state index in [2.05, 4.69) is 60.5 Å². The lowest BCUT2D eigenvalue weighted by Gasteiger charge is -2.36. The molecule has 2 heteroatoms. The summed E-state index contributed by atoms with van der Waals surface area (Å²) < 4.78 is 0. The molecule has 0 saturated heterocycles. The highest BCUT2D eigenvalue weighted by Crippen LogP contribution is 2.46. The SMILES string of the molecule is CC1=C(C=NC(C)N)CC(c2ccccc2)C2=CC=CCC21. The van der Waals surface area contributed by atoms with Crippen LogP contribution in [0.2, 0.25) is 0 Å². The van der Waals surface area contributed by atoms with Crippen LogP contribution in [-0.2, 0) is 0 Å². The zero-order valence-corrected chi connectivity index (χ0v) is 13.4. The third-order valence-electron chi connectivity index (χ3n) is 4.72. The molecule has 0 radical (unpaired) electrons. The van der Waals surface area contributed by atoms with Crippen LogP contribution in [0.4, 0.5) is 0 Å². The molecular weight excluding hydrogens is 268 g/mol. The summed E-state index contributed by atoms with van der Waals surface area (Å²) in [6, 6.07) is 10.8. The van der Waals surface area contributed by atoms with Crippen molar-refractivity contribution >= 4 is 6.21 Å². The summed E-state index contributed by atoms with van der Waals surface area (Å²) in [5, 5.41) is 0. The van der Waals surface area contributed by atoms with E-state index < -0.39 is 0 Å². The van der Waals surface area contributed by atoms with Gasteiger partial charge in [-0.2, -0.15) is 0 Å². The fourth-order valence-electron chi connectivity index (χ4n) is 3.51. The number of hydrogen-bond donors (Lipinski definition) is 1. The van der Waals surface area contributed by atoms with Gasteiger partial charge < -0.3 is 5.73 Å². The van der Waals surface area contributed by atoms with Gasteiger partial charge in [0.05, 0.1) is 6.17 Å². The van der Waals surface area contributed by atoms with Gasteiger partial charge in [-0.3, -0.25) is 4.99 Å². The molecule has 3 atom stereocenters. The Labute approximate surface area is 133 Å². The quantitative estimate of drug-likeness (QED) is 0.825. The van der Waals surface area contributed by atoms with Gasteiger partial charge in [0, 0.05) is 18.1 Å². The maximum absolute atomic E-state index is 5.79. The highest BCUT2D eigenvalue weighted by Gasteiger charge is 2.32.